The van der Waals surface area contributed by atoms with Crippen LogP contribution in [0.2, 0.25) is 0 Å². The van der Waals surface area contributed by atoms with Crippen LogP contribution in [0.5, 0.6) is 0 Å². The maximum absolute atomic E-state index is 12.5. The van der Waals surface area contributed by atoms with Gasteiger partial charge < -0.3 is 9.64 Å². The summed E-state index contributed by atoms with van der Waals surface area (Å²) in [6, 6.07) is 8.69. The van der Waals surface area contributed by atoms with Gasteiger partial charge in [-0.1, -0.05) is 38.1 Å². The predicted molar refractivity (Wildman–Crippen MR) is 89.9 cm³/mol. The molecular formula is C19H29NO2. The third-order valence-electron chi connectivity index (χ3n) is 3.92. The summed E-state index contributed by atoms with van der Waals surface area (Å²) in [7, 11) is 0. The third-order valence-corrected chi connectivity index (χ3v) is 3.92. The van der Waals surface area contributed by atoms with Gasteiger partial charge in [0.25, 0.3) is 0 Å². The SMILES string of the molecule is CC(C)Cc1ccccc1[C@@H]1CCCN1C(=O)OC(C)(C)C. The summed E-state index contributed by atoms with van der Waals surface area (Å²) in [5, 5.41) is 0. The molecule has 0 saturated carbocycles. The summed E-state index contributed by atoms with van der Waals surface area (Å²) in [4.78, 5) is 14.4. The summed E-state index contributed by atoms with van der Waals surface area (Å²) in [6.07, 6.45) is 2.93. The van der Waals surface area contributed by atoms with Crippen LogP contribution in [0.15, 0.2) is 24.3 Å². The number of likely N-dealkylation sites (tertiary alicyclic amines) is 1. The van der Waals surface area contributed by atoms with E-state index < -0.39 is 5.60 Å². The summed E-state index contributed by atoms with van der Waals surface area (Å²) in [5.74, 6) is 0.609. The van der Waals surface area contributed by atoms with Crippen molar-refractivity contribution in [3.05, 3.63) is 35.4 Å². The number of carbonyl (C=O) groups excluding carboxylic acids is 1. The van der Waals surface area contributed by atoms with E-state index in [1.807, 2.05) is 25.7 Å². The van der Waals surface area contributed by atoms with Gasteiger partial charge in [0.15, 0.2) is 0 Å². The Morgan fingerprint density at radius 1 is 1.32 bits per heavy atom. The Bertz CT molecular complexity index is 516. The molecule has 122 valence electrons. The minimum Gasteiger partial charge on any atom is -0.444 e. The summed E-state index contributed by atoms with van der Waals surface area (Å²) >= 11 is 0. The molecule has 1 fully saturated rings. The van der Waals surface area contributed by atoms with Crippen LogP contribution >= 0.6 is 0 Å². The van der Waals surface area contributed by atoms with Gasteiger partial charge in [0.05, 0.1) is 6.04 Å². The van der Waals surface area contributed by atoms with Crippen molar-refractivity contribution in [2.24, 2.45) is 5.92 Å². The van der Waals surface area contributed by atoms with Gasteiger partial charge in [0.1, 0.15) is 5.60 Å². The Labute approximate surface area is 134 Å². The van der Waals surface area contributed by atoms with E-state index in [1.165, 1.54) is 11.1 Å². The average molecular weight is 303 g/mol. The predicted octanol–water partition coefficient (Wildman–Crippen LogP) is 4.96. The molecular weight excluding hydrogens is 274 g/mol. The van der Waals surface area contributed by atoms with Gasteiger partial charge in [-0.3, -0.25) is 0 Å². The topological polar surface area (TPSA) is 29.5 Å². The van der Waals surface area contributed by atoms with Crippen molar-refractivity contribution in [1.29, 1.82) is 0 Å². The fourth-order valence-corrected chi connectivity index (χ4v) is 3.11. The van der Waals surface area contributed by atoms with E-state index >= 15 is 0 Å². The number of hydrogen-bond donors (Lipinski definition) is 0. The molecule has 1 aromatic carbocycles. The van der Waals surface area contributed by atoms with Crippen molar-refractivity contribution >= 4 is 6.09 Å². The second-order valence-electron chi connectivity index (χ2n) is 7.63. The standard InChI is InChI=1S/C19H29NO2/c1-14(2)13-15-9-6-7-10-16(15)17-11-8-12-20(17)18(21)22-19(3,4)5/h6-7,9-10,14,17H,8,11-13H2,1-5H3/t17-/m0/s1. The monoisotopic (exact) mass is 303 g/mol. The Hall–Kier alpha value is -1.51. The van der Waals surface area contributed by atoms with Crippen molar-refractivity contribution < 1.29 is 9.53 Å². The molecule has 2 rings (SSSR count). The Kier molecular flexibility index (Phi) is 5.15. The molecule has 0 aliphatic carbocycles. The van der Waals surface area contributed by atoms with E-state index in [4.69, 9.17) is 4.74 Å². The highest BCUT2D eigenvalue weighted by molar-refractivity contribution is 5.69. The van der Waals surface area contributed by atoms with Crippen molar-refractivity contribution in [1.82, 2.24) is 4.90 Å². The van der Waals surface area contributed by atoms with Crippen LogP contribution in [0.1, 0.15) is 64.6 Å². The Morgan fingerprint density at radius 2 is 2.00 bits per heavy atom. The smallest absolute Gasteiger partial charge is 0.410 e. The molecule has 1 heterocycles. The first-order valence-corrected chi connectivity index (χ1v) is 8.35. The molecule has 1 saturated heterocycles. The lowest BCUT2D eigenvalue weighted by Crippen LogP contribution is -2.36. The lowest BCUT2D eigenvalue weighted by molar-refractivity contribution is 0.0224. The van der Waals surface area contributed by atoms with E-state index in [0.717, 1.165) is 25.8 Å². The fraction of sp³-hybridized carbons (Fsp3) is 0.632. The molecule has 3 heteroatoms. The van der Waals surface area contributed by atoms with Crippen molar-refractivity contribution in [3.63, 3.8) is 0 Å². The van der Waals surface area contributed by atoms with Crippen LogP contribution in [0.3, 0.4) is 0 Å². The number of nitrogens with zero attached hydrogens (tertiary/aromatic N) is 1. The zero-order chi connectivity index (χ0) is 16.3. The average Bonchev–Trinajstić information content (AvgIpc) is 2.85. The Balaban J connectivity index is 2.22. The normalized spacial score (nSPS) is 18.8. The van der Waals surface area contributed by atoms with Crippen molar-refractivity contribution in [3.8, 4) is 0 Å². The van der Waals surface area contributed by atoms with E-state index in [2.05, 4.69) is 38.1 Å². The zero-order valence-electron chi connectivity index (χ0n) is 14.6. The molecule has 1 aliphatic heterocycles. The molecule has 0 unspecified atom stereocenters. The largest absolute Gasteiger partial charge is 0.444 e. The van der Waals surface area contributed by atoms with E-state index in [-0.39, 0.29) is 12.1 Å². The quantitative estimate of drug-likeness (QED) is 0.790. The van der Waals surface area contributed by atoms with Gasteiger partial charge in [-0.25, -0.2) is 4.79 Å². The van der Waals surface area contributed by atoms with Crippen LogP contribution in [0.4, 0.5) is 4.79 Å². The van der Waals surface area contributed by atoms with Crippen molar-refractivity contribution in [2.75, 3.05) is 6.54 Å². The molecule has 1 atom stereocenters. The van der Waals surface area contributed by atoms with Gasteiger partial charge in [0, 0.05) is 6.54 Å². The van der Waals surface area contributed by atoms with Gasteiger partial charge >= 0.3 is 6.09 Å². The second kappa shape index (κ2) is 6.72. The molecule has 1 amide bonds. The number of rotatable bonds is 3. The molecule has 1 aromatic rings. The first-order chi connectivity index (χ1) is 10.3. The number of amides is 1. The maximum atomic E-state index is 12.5. The molecule has 3 nitrogen and oxygen atoms in total. The van der Waals surface area contributed by atoms with E-state index in [9.17, 15) is 4.79 Å². The number of hydrogen-bond acceptors (Lipinski definition) is 2. The molecule has 0 radical (unpaired) electrons. The minimum atomic E-state index is -0.443. The van der Waals surface area contributed by atoms with Crippen molar-refractivity contribution in [2.45, 2.75) is 65.5 Å². The summed E-state index contributed by atoms with van der Waals surface area (Å²) < 4.78 is 5.58. The van der Waals surface area contributed by atoms with E-state index in [1.54, 1.807) is 0 Å². The first kappa shape index (κ1) is 16.9. The van der Waals surface area contributed by atoms with Crippen LogP contribution < -0.4 is 0 Å². The summed E-state index contributed by atoms with van der Waals surface area (Å²) in [6.45, 7) is 11.0. The number of benzene rings is 1. The second-order valence-corrected chi connectivity index (χ2v) is 7.63. The zero-order valence-corrected chi connectivity index (χ0v) is 14.6. The minimum absolute atomic E-state index is 0.157. The van der Waals surface area contributed by atoms with Crippen LogP contribution in [0, 0.1) is 5.92 Å². The van der Waals surface area contributed by atoms with Crippen LogP contribution in [-0.4, -0.2) is 23.1 Å². The van der Waals surface area contributed by atoms with Gasteiger partial charge in [-0.15, -0.1) is 0 Å². The maximum Gasteiger partial charge on any atom is 0.410 e. The molecule has 0 aromatic heterocycles. The first-order valence-electron chi connectivity index (χ1n) is 8.35. The highest BCUT2D eigenvalue weighted by Gasteiger charge is 2.34. The van der Waals surface area contributed by atoms with Gasteiger partial charge in [-0.2, -0.15) is 0 Å². The molecule has 1 aliphatic rings. The van der Waals surface area contributed by atoms with E-state index in [0.29, 0.717) is 5.92 Å². The van der Waals surface area contributed by atoms with Gasteiger partial charge in [-0.05, 0) is 57.1 Å². The number of carbonyl (C=O) groups is 1. The molecule has 0 spiro atoms. The molecule has 0 N–H and O–H groups in total. The van der Waals surface area contributed by atoms with Crippen LogP contribution in [0.25, 0.3) is 0 Å². The third kappa shape index (κ3) is 4.25. The van der Waals surface area contributed by atoms with Gasteiger partial charge in [0.2, 0.25) is 0 Å². The molecule has 22 heavy (non-hydrogen) atoms. The van der Waals surface area contributed by atoms with Crippen LogP contribution in [-0.2, 0) is 11.2 Å². The lowest BCUT2D eigenvalue weighted by atomic mass is 9.93. The highest BCUT2D eigenvalue weighted by Crippen LogP contribution is 2.35. The molecule has 0 bridgehead atoms. The Morgan fingerprint density at radius 3 is 2.64 bits per heavy atom. The highest BCUT2D eigenvalue weighted by atomic mass is 16.6. The summed E-state index contributed by atoms with van der Waals surface area (Å²) in [5.41, 5.74) is 2.21. The fourth-order valence-electron chi connectivity index (χ4n) is 3.11. The lowest BCUT2D eigenvalue weighted by Gasteiger charge is -2.30. The number of ether oxygens (including phenoxy) is 1.